The van der Waals surface area contributed by atoms with Gasteiger partial charge in [-0.3, -0.25) is 10.1 Å². The summed E-state index contributed by atoms with van der Waals surface area (Å²) in [6.45, 7) is 8.15. The molecule has 5 heteroatoms. The SMILES string of the molecule is C=C(C(=CN)C(C)=NCC)c1[nH]ncc1F. The van der Waals surface area contributed by atoms with Crippen LogP contribution in [0.1, 0.15) is 19.5 Å². The maximum Gasteiger partial charge on any atom is 0.168 e. The van der Waals surface area contributed by atoms with Gasteiger partial charge in [-0.1, -0.05) is 6.58 Å². The van der Waals surface area contributed by atoms with E-state index in [1.165, 1.54) is 6.20 Å². The highest BCUT2D eigenvalue weighted by atomic mass is 19.1. The Balaban J connectivity index is 3.05. The van der Waals surface area contributed by atoms with E-state index in [-0.39, 0.29) is 5.69 Å². The minimum absolute atomic E-state index is 0.238. The fourth-order valence-electron chi connectivity index (χ4n) is 1.38. The van der Waals surface area contributed by atoms with Crippen LogP contribution in [-0.4, -0.2) is 22.5 Å². The van der Waals surface area contributed by atoms with Crippen LogP contribution in [0.5, 0.6) is 0 Å². The van der Waals surface area contributed by atoms with Gasteiger partial charge in [0, 0.05) is 29.6 Å². The lowest BCUT2D eigenvalue weighted by molar-refractivity contribution is 0.625. The predicted molar refractivity (Wildman–Crippen MR) is 63.5 cm³/mol. The highest BCUT2D eigenvalue weighted by Crippen LogP contribution is 2.21. The molecule has 0 saturated heterocycles. The zero-order valence-electron chi connectivity index (χ0n) is 9.42. The first kappa shape index (κ1) is 12.2. The fraction of sp³-hybridized carbons (Fsp3) is 0.273. The van der Waals surface area contributed by atoms with Gasteiger partial charge in [-0.15, -0.1) is 0 Å². The average Bonchev–Trinajstić information content (AvgIpc) is 2.65. The number of H-pyrrole nitrogens is 1. The largest absolute Gasteiger partial charge is 0.404 e. The van der Waals surface area contributed by atoms with Gasteiger partial charge in [0.25, 0.3) is 0 Å². The molecule has 0 saturated carbocycles. The molecule has 0 aliphatic carbocycles. The lowest BCUT2D eigenvalue weighted by atomic mass is 10.0. The summed E-state index contributed by atoms with van der Waals surface area (Å²) in [5.74, 6) is -0.450. The van der Waals surface area contributed by atoms with Gasteiger partial charge in [-0.05, 0) is 13.8 Å². The Morgan fingerprint density at radius 2 is 2.44 bits per heavy atom. The number of aromatic amines is 1. The summed E-state index contributed by atoms with van der Waals surface area (Å²) in [5, 5.41) is 6.14. The molecule has 16 heavy (non-hydrogen) atoms. The number of allylic oxidation sites excluding steroid dienone is 2. The van der Waals surface area contributed by atoms with Gasteiger partial charge >= 0.3 is 0 Å². The number of rotatable bonds is 4. The maximum atomic E-state index is 13.3. The standard InChI is InChI=1S/C11H15FN4/c1-4-14-8(3)9(5-13)7(2)11-10(12)6-15-16-11/h5-6H,2,4,13H2,1,3H3,(H,15,16). The summed E-state index contributed by atoms with van der Waals surface area (Å²) in [7, 11) is 0. The molecule has 1 heterocycles. The van der Waals surface area contributed by atoms with E-state index in [9.17, 15) is 4.39 Å². The quantitative estimate of drug-likeness (QED) is 0.603. The van der Waals surface area contributed by atoms with Crippen molar-refractivity contribution in [2.24, 2.45) is 10.7 Å². The summed E-state index contributed by atoms with van der Waals surface area (Å²) >= 11 is 0. The molecule has 1 aromatic heterocycles. The third-order valence-electron chi connectivity index (χ3n) is 2.17. The average molecular weight is 222 g/mol. The molecule has 86 valence electrons. The van der Waals surface area contributed by atoms with Crippen LogP contribution in [0, 0.1) is 5.82 Å². The van der Waals surface area contributed by atoms with Gasteiger partial charge in [-0.2, -0.15) is 5.10 Å². The Labute approximate surface area is 93.8 Å². The molecule has 0 bridgehead atoms. The fourth-order valence-corrected chi connectivity index (χ4v) is 1.38. The first-order chi connectivity index (χ1) is 7.61. The third-order valence-corrected chi connectivity index (χ3v) is 2.17. The van der Waals surface area contributed by atoms with Crippen LogP contribution in [0.2, 0.25) is 0 Å². The Bertz CT molecular complexity index is 443. The first-order valence-electron chi connectivity index (χ1n) is 4.93. The Kier molecular flexibility index (Phi) is 3.99. The highest BCUT2D eigenvalue weighted by molar-refractivity contribution is 6.11. The van der Waals surface area contributed by atoms with Crippen molar-refractivity contribution < 1.29 is 4.39 Å². The van der Waals surface area contributed by atoms with Crippen LogP contribution in [0.3, 0.4) is 0 Å². The highest BCUT2D eigenvalue weighted by Gasteiger charge is 2.13. The first-order valence-corrected chi connectivity index (χ1v) is 4.93. The van der Waals surface area contributed by atoms with Crippen LogP contribution >= 0.6 is 0 Å². The van der Waals surface area contributed by atoms with Crippen molar-refractivity contribution in [1.29, 1.82) is 0 Å². The number of aromatic nitrogens is 2. The van der Waals surface area contributed by atoms with Crippen LogP contribution in [-0.2, 0) is 0 Å². The van der Waals surface area contributed by atoms with Crippen molar-refractivity contribution >= 4 is 11.3 Å². The van der Waals surface area contributed by atoms with Gasteiger partial charge in [0.1, 0.15) is 5.69 Å². The van der Waals surface area contributed by atoms with E-state index in [2.05, 4.69) is 21.8 Å². The van der Waals surface area contributed by atoms with E-state index in [1.54, 1.807) is 0 Å². The number of nitrogens with two attached hydrogens (primary N) is 1. The van der Waals surface area contributed by atoms with Crippen molar-refractivity contribution in [2.45, 2.75) is 13.8 Å². The van der Waals surface area contributed by atoms with Crippen LogP contribution in [0.4, 0.5) is 4.39 Å². The third kappa shape index (κ3) is 2.36. The van der Waals surface area contributed by atoms with E-state index in [1.807, 2.05) is 13.8 Å². The molecule has 0 fully saturated rings. The molecule has 0 aliphatic heterocycles. The normalized spacial score (nSPS) is 12.9. The molecule has 0 unspecified atom stereocenters. The van der Waals surface area contributed by atoms with E-state index in [0.717, 1.165) is 11.9 Å². The second-order valence-electron chi connectivity index (χ2n) is 3.21. The summed E-state index contributed by atoms with van der Waals surface area (Å²) in [4.78, 5) is 4.21. The molecule has 4 nitrogen and oxygen atoms in total. The van der Waals surface area contributed by atoms with E-state index >= 15 is 0 Å². The summed E-state index contributed by atoms with van der Waals surface area (Å²) < 4.78 is 13.3. The maximum absolute atomic E-state index is 13.3. The molecule has 0 aromatic carbocycles. The van der Waals surface area contributed by atoms with Gasteiger partial charge in [0.05, 0.1) is 6.20 Å². The second-order valence-corrected chi connectivity index (χ2v) is 3.21. The molecule has 0 atom stereocenters. The lowest BCUT2D eigenvalue weighted by Crippen LogP contribution is -2.05. The van der Waals surface area contributed by atoms with Crippen LogP contribution in [0.25, 0.3) is 5.57 Å². The van der Waals surface area contributed by atoms with Crippen molar-refractivity contribution in [2.75, 3.05) is 6.54 Å². The van der Waals surface area contributed by atoms with E-state index < -0.39 is 5.82 Å². The number of nitrogens with zero attached hydrogens (tertiary/aromatic N) is 2. The van der Waals surface area contributed by atoms with E-state index in [4.69, 9.17) is 5.73 Å². The second kappa shape index (κ2) is 5.25. The zero-order chi connectivity index (χ0) is 12.1. The minimum atomic E-state index is -0.450. The summed E-state index contributed by atoms with van der Waals surface area (Å²) in [5.41, 5.74) is 7.53. The van der Waals surface area contributed by atoms with Crippen molar-refractivity contribution in [3.05, 3.63) is 36.1 Å². The van der Waals surface area contributed by atoms with Crippen molar-refractivity contribution in [1.82, 2.24) is 10.2 Å². The van der Waals surface area contributed by atoms with E-state index in [0.29, 0.717) is 17.7 Å². The Morgan fingerprint density at radius 3 is 2.88 bits per heavy atom. The molecular weight excluding hydrogens is 207 g/mol. The molecule has 0 amide bonds. The summed E-state index contributed by atoms with van der Waals surface area (Å²) in [6, 6.07) is 0. The molecule has 1 rings (SSSR count). The Morgan fingerprint density at radius 1 is 1.75 bits per heavy atom. The van der Waals surface area contributed by atoms with Crippen molar-refractivity contribution in [3.8, 4) is 0 Å². The van der Waals surface area contributed by atoms with Crippen LogP contribution < -0.4 is 5.73 Å². The van der Waals surface area contributed by atoms with Crippen LogP contribution in [0.15, 0.2) is 29.5 Å². The lowest BCUT2D eigenvalue weighted by Gasteiger charge is -2.08. The van der Waals surface area contributed by atoms with Gasteiger partial charge in [-0.25, -0.2) is 4.39 Å². The van der Waals surface area contributed by atoms with Crippen molar-refractivity contribution in [3.63, 3.8) is 0 Å². The molecule has 0 radical (unpaired) electrons. The number of aliphatic imine (C=N–C) groups is 1. The topological polar surface area (TPSA) is 67.1 Å². The summed E-state index contributed by atoms with van der Waals surface area (Å²) in [6.07, 6.45) is 2.47. The number of nitrogens with one attached hydrogen (secondary N) is 1. The molecular formula is C11H15FN4. The molecule has 3 N–H and O–H groups in total. The Hall–Kier alpha value is -1.91. The smallest absolute Gasteiger partial charge is 0.168 e. The zero-order valence-corrected chi connectivity index (χ0v) is 9.42. The number of hydrogen-bond donors (Lipinski definition) is 2. The molecule has 1 aromatic rings. The predicted octanol–water partition coefficient (Wildman–Crippen LogP) is 1.89. The number of hydrogen-bond acceptors (Lipinski definition) is 3. The van der Waals surface area contributed by atoms with Gasteiger partial charge < -0.3 is 5.73 Å². The molecule has 0 spiro atoms. The number of halogens is 1. The van der Waals surface area contributed by atoms with Gasteiger partial charge in [0.15, 0.2) is 5.82 Å². The van der Waals surface area contributed by atoms with Gasteiger partial charge in [0.2, 0.25) is 0 Å². The monoisotopic (exact) mass is 222 g/mol. The minimum Gasteiger partial charge on any atom is -0.404 e. The molecule has 0 aliphatic rings.